The fraction of sp³-hybridized carbons (Fsp3) is 0.138. The number of carbonyl (C=O) groups excluding carboxylic acids is 1. The van der Waals surface area contributed by atoms with Crippen LogP contribution in [0.5, 0.6) is 0 Å². The van der Waals surface area contributed by atoms with E-state index in [2.05, 4.69) is 15.6 Å². The van der Waals surface area contributed by atoms with Crippen LogP contribution in [0.2, 0.25) is 0 Å². The van der Waals surface area contributed by atoms with Crippen molar-refractivity contribution in [3.8, 4) is 16.9 Å². The third-order valence-corrected chi connectivity index (χ3v) is 6.38. The van der Waals surface area contributed by atoms with Crippen molar-refractivity contribution in [3.63, 3.8) is 0 Å². The Kier molecular flexibility index (Phi) is 6.66. The molecular formula is C29H26FN5O2. The van der Waals surface area contributed by atoms with Crippen molar-refractivity contribution in [2.24, 2.45) is 0 Å². The van der Waals surface area contributed by atoms with Crippen LogP contribution in [-0.2, 0) is 11.3 Å². The van der Waals surface area contributed by atoms with Crippen LogP contribution in [-0.4, -0.2) is 33.1 Å². The van der Waals surface area contributed by atoms with Crippen LogP contribution in [0.4, 0.5) is 10.1 Å². The van der Waals surface area contributed by atoms with Gasteiger partial charge in [-0.25, -0.2) is 4.39 Å². The molecule has 37 heavy (non-hydrogen) atoms. The molecule has 0 unspecified atom stereocenters. The second-order valence-corrected chi connectivity index (χ2v) is 8.83. The number of aromatic nitrogens is 3. The van der Waals surface area contributed by atoms with Crippen molar-refractivity contribution in [2.45, 2.75) is 19.5 Å². The summed E-state index contributed by atoms with van der Waals surface area (Å²) in [6.07, 6.45) is 5.30. The second-order valence-electron chi connectivity index (χ2n) is 8.83. The van der Waals surface area contributed by atoms with Gasteiger partial charge in [-0.1, -0.05) is 30.3 Å². The maximum atomic E-state index is 13.7. The van der Waals surface area contributed by atoms with Gasteiger partial charge in [0.05, 0.1) is 35.7 Å². The topological polar surface area (TPSA) is 81.0 Å². The summed E-state index contributed by atoms with van der Waals surface area (Å²) in [6.45, 7) is 1.96. The third kappa shape index (κ3) is 4.92. The average Bonchev–Trinajstić information content (AvgIpc) is 3.34. The van der Waals surface area contributed by atoms with Crippen LogP contribution < -0.4 is 16.2 Å². The minimum atomic E-state index is -0.451. The van der Waals surface area contributed by atoms with Gasteiger partial charge >= 0.3 is 0 Å². The molecule has 0 aliphatic heterocycles. The maximum absolute atomic E-state index is 13.7. The summed E-state index contributed by atoms with van der Waals surface area (Å²) in [5.41, 5.74) is 3.93. The van der Waals surface area contributed by atoms with Crippen LogP contribution in [0.1, 0.15) is 12.5 Å². The molecule has 3 heterocycles. The number of halogens is 1. The molecule has 1 amide bonds. The smallest absolute Gasteiger partial charge is 0.275 e. The summed E-state index contributed by atoms with van der Waals surface area (Å²) in [7, 11) is 1.69. The van der Waals surface area contributed by atoms with E-state index in [-0.39, 0.29) is 29.5 Å². The molecule has 2 N–H and O–H groups in total. The van der Waals surface area contributed by atoms with Crippen molar-refractivity contribution < 1.29 is 9.18 Å². The predicted octanol–water partition coefficient (Wildman–Crippen LogP) is 4.59. The molecule has 0 aliphatic rings. The highest BCUT2D eigenvalue weighted by molar-refractivity contribution is 5.94. The van der Waals surface area contributed by atoms with Crippen LogP contribution in [0.25, 0.3) is 27.8 Å². The first-order valence-corrected chi connectivity index (χ1v) is 11.9. The Bertz CT molecular complexity index is 1640. The SMILES string of the molecule is CN[C@@H](C)C(=O)Nc1ccc(-c2ccccc2)n(Cc2cncc(-n3ccc4cc(F)ccc43)c2)c1=O. The Labute approximate surface area is 213 Å². The molecule has 0 radical (unpaired) electrons. The van der Waals surface area contributed by atoms with Crippen molar-refractivity contribution in [3.05, 3.63) is 113 Å². The number of likely N-dealkylation sites (N-methyl/N-ethyl adjacent to an activating group) is 1. The first-order chi connectivity index (χ1) is 17.9. The van der Waals surface area contributed by atoms with Crippen LogP contribution in [0, 0.1) is 5.82 Å². The highest BCUT2D eigenvalue weighted by Crippen LogP contribution is 2.23. The van der Waals surface area contributed by atoms with Gasteiger partial charge in [-0.3, -0.25) is 14.6 Å². The van der Waals surface area contributed by atoms with E-state index in [1.165, 1.54) is 12.1 Å². The molecule has 1 atom stereocenters. The zero-order valence-corrected chi connectivity index (χ0v) is 20.5. The lowest BCUT2D eigenvalue weighted by molar-refractivity contribution is -0.117. The van der Waals surface area contributed by atoms with Crippen molar-refractivity contribution in [1.82, 2.24) is 19.4 Å². The summed E-state index contributed by atoms with van der Waals surface area (Å²) < 4.78 is 17.2. The molecule has 3 aromatic heterocycles. The lowest BCUT2D eigenvalue weighted by Crippen LogP contribution is -2.37. The zero-order valence-electron chi connectivity index (χ0n) is 20.5. The first-order valence-electron chi connectivity index (χ1n) is 11.9. The molecule has 0 bridgehead atoms. The van der Waals surface area contributed by atoms with Crippen LogP contribution in [0.15, 0.2) is 96.2 Å². The summed E-state index contributed by atoms with van der Waals surface area (Å²) in [5.74, 6) is -0.584. The molecule has 0 saturated carbocycles. The number of nitrogens with one attached hydrogen (secondary N) is 2. The molecule has 8 heteroatoms. The summed E-state index contributed by atoms with van der Waals surface area (Å²) in [5, 5.41) is 6.40. The number of carbonyl (C=O) groups is 1. The van der Waals surface area contributed by atoms with E-state index in [1.54, 1.807) is 43.1 Å². The number of rotatable bonds is 7. The molecule has 5 aromatic rings. The number of pyridine rings is 2. The summed E-state index contributed by atoms with van der Waals surface area (Å²) in [6, 6.07) is 21.1. The fourth-order valence-corrected chi connectivity index (χ4v) is 4.28. The van der Waals surface area contributed by atoms with Gasteiger partial charge in [0, 0.05) is 17.8 Å². The number of hydrogen-bond acceptors (Lipinski definition) is 4. The van der Waals surface area contributed by atoms with Crippen LogP contribution in [0.3, 0.4) is 0 Å². The fourth-order valence-electron chi connectivity index (χ4n) is 4.28. The molecule has 0 aliphatic carbocycles. The molecular weight excluding hydrogens is 469 g/mol. The highest BCUT2D eigenvalue weighted by Gasteiger charge is 2.16. The van der Waals surface area contributed by atoms with Gasteiger partial charge in [0.1, 0.15) is 11.5 Å². The Morgan fingerprint density at radius 2 is 1.84 bits per heavy atom. The number of fused-ring (bicyclic) bond motifs is 1. The van der Waals surface area contributed by atoms with E-state index in [1.807, 2.05) is 59.3 Å². The first kappa shape index (κ1) is 24.1. The quantitative estimate of drug-likeness (QED) is 0.346. The number of hydrogen-bond donors (Lipinski definition) is 2. The van der Waals surface area contributed by atoms with Crippen LogP contribution >= 0.6 is 0 Å². The van der Waals surface area contributed by atoms with Gasteiger partial charge in [-0.05, 0) is 67.6 Å². The number of nitrogens with zero attached hydrogens (tertiary/aromatic N) is 3. The minimum absolute atomic E-state index is 0.203. The molecule has 5 rings (SSSR count). The van der Waals surface area contributed by atoms with E-state index in [9.17, 15) is 14.0 Å². The third-order valence-electron chi connectivity index (χ3n) is 6.38. The molecule has 2 aromatic carbocycles. The van der Waals surface area contributed by atoms with E-state index in [0.29, 0.717) is 0 Å². The molecule has 7 nitrogen and oxygen atoms in total. The summed E-state index contributed by atoms with van der Waals surface area (Å²) in [4.78, 5) is 30.5. The van der Waals surface area contributed by atoms with E-state index in [4.69, 9.17) is 0 Å². The van der Waals surface area contributed by atoms with E-state index < -0.39 is 6.04 Å². The standard InChI is InChI=1S/C29H26FN5O2/c1-19(31-2)28(36)33-25-9-11-26(21-6-4-3-5-7-21)35(29(25)37)18-20-14-24(17-32-16-20)34-13-12-22-15-23(30)8-10-27(22)34/h3-17,19,31H,18H2,1-2H3,(H,33,36)/t19-/m0/s1. The molecule has 0 fully saturated rings. The monoisotopic (exact) mass is 495 g/mol. The molecule has 0 spiro atoms. The lowest BCUT2D eigenvalue weighted by atomic mass is 10.1. The number of benzene rings is 2. The van der Waals surface area contributed by atoms with Crippen molar-refractivity contribution >= 4 is 22.5 Å². The Hall–Kier alpha value is -4.56. The number of anilines is 1. The van der Waals surface area contributed by atoms with Crippen molar-refractivity contribution in [1.29, 1.82) is 0 Å². The highest BCUT2D eigenvalue weighted by atomic mass is 19.1. The Morgan fingerprint density at radius 3 is 2.62 bits per heavy atom. The van der Waals surface area contributed by atoms with Gasteiger partial charge in [0.25, 0.3) is 5.56 Å². The van der Waals surface area contributed by atoms with Gasteiger partial charge in [-0.15, -0.1) is 0 Å². The van der Waals surface area contributed by atoms with Gasteiger partial charge in [0.2, 0.25) is 5.91 Å². The Balaban J connectivity index is 1.56. The lowest BCUT2D eigenvalue weighted by Gasteiger charge is -2.17. The zero-order chi connectivity index (χ0) is 25.9. The largest absolute Gasteiger partial charge is 0.320 e. The maximum Gasteiger partial charge on any atom is 0.275 e. The molecule has 186 valence electrons. The predicted molar refractivity (Wildman–Crippen MR) is 143 cm³/mol. The van der Waals surface area contributed by atoms with Gasteiger partial charge in [0.15, 0.2) is 0 Å². The van der Waals surface area contributed by atoms with Gasteiger partial charge in [-0.2, -0.15) is 0 Å². The van der Waals surface area contributed by atoms with E-state index in [0.717, 1.165) is 33.4 Å². The van der Waals surface area contributed by atoms with E-state index >= 15 is 0 Å². The molecule has 0 saturated heterocycles. The van der Waals surface area contributed by atoms with Crippen molar-refractivity contribution in [2.75, 3.05) is 12.4 Å². The average molecular weight is 496 g/mol. The second kappa shape index (κ2) is 10.2. The van der Waals surface area contributed by atoms with Gasteiger partial charge < -0.3 is 19.8 Å². The minimum Gasteiger partial charge on any atom is -0.320 e. The Morgan fingerprint density at radius 1 is 1.03 bits per heavy atom. The normalized spacial score (nSPS) is 12.0. The number of amides is 1. The summed E-state index contributed by atoms with van der Waals surface area (Å²) >= 11 is 0.